The molecule has 2 amide bonds. The number of pyridine rings is 1. The highest BCUT2D eigenvalue weighted by Crippen LogP contribution is 2.29. The van der Waals surface area contributed by atoms with Gasteiger partial charge in [-0.05, 0) is 119 Å². The molecular formula is C40H56Cl2N6O4. The summed E-state index contributed by atoms with van der Waals surface area (Å²) in [5.41, 5.74) is 7.47. The molecule has 1 fully saturated rings. The molecule has 0 radical (unpaired) electrons. The van der Waals surface area contributed by atoms with E-state index in [1.165, 1.54) is 12.8 Å². The van der Waals surface area contributed by atoms with Crippen molar-refractivity contribution in [2.75, 3.05) is 69.4 Å². The second kappa shape index (κ2) is 25.7. The number of likely N-dealkylation sites (N-methyl/N-ethyl adjacent to an activating group) is 1. The van der Waals surface area contributed by atoms with Crippen LogP contribution in [0.15, 0.2) is 85.2 Å². The number of halogens is 2. The van der Waals surface area contributed by atoms with E-state index in [-0.39, 0.29) is 6.03 Å². The Morgan fingerprint density at radius 2 is 1.35 bits per heavy atom. The van der Waals surface area contributed by atoms with Crippen LogP contribution in [0.1, 0.15) is 53.9 Å². The number of amides is 2. The van der Waals surface area contributed by atoms with Crippen molar-refractivity contribution in [1.82, 2.24) is 14.8 Å². The summed E-state index contributed by atoms with van der Waals surface area (Å²) in [6.07, 6.45) is 6.99. The van der Waals surface area contributed by atoms with Crippen molar-refractivity contribution in [3.63, 3.8) is 0 Å². The number of urea groups is 1. The molecule has 1 saturated heterocycles. The Kier molecular flexibility index (Phi) is 21.7. The first kappa shape index (κ1) is 43.9. The summed E-state index contributed by atoms with van der Waals surface area (Å²) in [6.45, 7) is 16.5. The summed E-state index contributed by atoms with van der Waals surface area (Å²) in [6, 6.07) is 20.8. The largest absolute Gasteiger partial charge is 0.491 e. The van der Waals surface area contributed by atoms with Gasteiger partial charge < -0.3 is 35.5 Å². The number of ether oxygens (including phenoxy) is 3. The molecule has 3 aromatic carbocycles. The normalized spacial score (nSPS) is 11.9. The highest BCUT2D eigenvalue weighted by Gasteiger charge is 2.12. The van der Waals surface area contributed by atoms with E-state index in [1.54, 1.807) is 85.2 Å². The van der Waals surface area contributed by atoms with Crippen LogP contribution in [0.5, 0.6) is 23.0 Å². The van der Waals surface area contributed by atoms with E-state index in [0.29, 0.717) is 63.3 Å². The zero-order chi connectivity index (χ0) is 38.1. The van der Waals surface area contributed by atoms with Crippen molar-refractivity contribution in [1.29, 1.82) is 0 Å². The zero-order valence-corrected chi connectivity index (χ0v) is 33.0. The minimum Gasteiger partial charge on any atom is -0.491 e. The van der Waals surface area contributed by atoms with E-state index in [0.717, 1.165) is 39.1 Å². The molecule has 1 aromatic heterocycles. The van der Waals surface area contributed by atoms with Gasteiger partial charge in [0.25, 0.3) is 0 Å². The van der Waals surface area contributed by atoms with Gasteiger partial charge in [0.1, 0.15) is 36.2 Å². The van der Waals surface area contributed by atoms with Crippen LogP contribution in [-0.4, -0.2) is 73.8 Å². The molecule has 284 valence electrons. The van der Waals surface area contributed by atoms with Gasteiger partial charge in [-0.3, -0.25) is 9.88 Å². The average molecular weight is 756 g/mol. The second-order valence-corrected chi connectivity index (χ2v) is 12.1. The predicted molar refractivity (Wildman–Crippen MR) is 218 cm³/mol. The molecule has 0 unspecified atom stereocenters. The maximum Gasteiger partial charge on any atom is 0.323 e. The number of nitrogens with zero attached hydrogens (tertiary/aromatic N) is 3. The molecule has 52 heavy (non-hydrogen) atoms. The highest BCUT2D eigenvalue weighted by atomic mass is 35.5. The van der Waals surface area contributed by atoms with Gasteiger partial charge in [0, 0.05) is 42.5 Å². The lowest BCUT2D eigenvalue weighted by atomic mass is 10.3. The smallest absolute Gasteiger partial charge is 0.323 e. The van der Waals surface area contributed by atoms with Crippen molar-refractivity contribution < 1.29 is 19.0 Å². The number of hydrogen-bond donors (Lipinski definition) is 3. The summed E-state index contributed by atoms with van der Waals surface area (Å²) in [5, 5.41) is 6.59. The maximum absolute atomic E-state index is 12.3. The Morgan fingerprint density at radius 1 is 0.788 bits per heavy atom. The molecule has 4 N–H and O–H groups in total. The molecule has 10 nitrogen and oxygen atoms in total. The SMILES string of the molecule is CC.CC.CCCN(C)CCOc1ccc(N)cc1Cl.O=C(Nc1ccc(Oc2ccncc2)cc1)Nc1ccc(OCCN2CCCC2)c(Cl)c1. The number of nitrogens with one attached hydrogen (secondary N) is 2. The first-order chi connectivity index (χ1) is 25.3. The fourth-order valence-corrected chi connectivity index (χ4v) is 5.35. The number of aromatic nitrogens is 1. The third-order valence-electron chi connectivity index (χ3n) is 7.34. The summed E-state index contributed by atoms with van der Waals surface area (Å²) in [5.74, 6) is 2.66. The Labute approximate surface area is 320 Å². The van der Waals surface area contributed by atoms with E-state index >= 15 is 0 Å². The first-order valence-corrected chi connectivity index (χ1v) is 18.8. The molecule has 0 spiro atoms. The van der Waals surface area contributed by atoms with Crippen LogP contribution in [0, 0.1) is 0 Å². The summed E-state index contributed by atoms with van der Waals surface area (Å²) < 4.78 is 17.1. The van der Waals surface area contributed by atoms with E-state index in [2.05, 4.69) is 39.4 Å². The van der Waals surface area contributed by atoms with Crippen LogP contribution in [0.3, 0.4) is 0 Å². The summed E-state index contributed by atoms with van der Waals surface area (Å²) in [4.78, 5) is 20.9. The number of likely N-dealkylation sites (tertiary alicyclic amines) is 1. The van der Waals surface area contributed by atoms with Crippen molar-refractivity contribution in [2.24, 2.45) is 0 Å². The molecule has 1 aliphatic heterocycles. The van der Waals surface area contributed by atoms with Crippen molar-refractivity contribution >= 4 is 46.3 Å². The number of carbonyl (C=O) groups excluding carboxylic acids is 1. The zero-order valence-electron chi connectivity index (χ0n) is 31.5. The number of rotatable bonds is 14. The lowest BCUT2D eigenvalue weighted by Crippen LogP contribution is -2.25. The molecule has 0 aliphatic carbocycles. The minimum absolute atomic E-state index is 0.369. The molecule has 4 aromatic rings. The van der Waals surface area contributed by atoms with E-state index in [1.807, 2.05) is 27.7 Å². The Balaban J connectivity index is 0.000000395. The molecule has 2 heterocycles. The van der Waals surface area contributed by atoms with E-state index in [4.69, 9.17) is 43.1 Å². The molecule has 1 aliphatic rings. The highest BCUT2D eigenvalue weighted by molar-refractivity contribution is 6.32. The van der Waals surface area contributed by atoms with Crippen molar-refractivity contribution in [3.8, 4) is 23.0 Å². The molecule has 0 atom stereocenters. The van der Waals surface area contributed by atoms with Gasteiger partial charge in [-0.25, -0.2) is 4.79 Å². The summed E-state index contributed by atoms with van der Waals surface area (Å²) in [7, 11) is 2.08. The number of nitrogen functional groups attached to an aromatic ring is 1. The standard InChI is InChI=1S/C24H25ClN4O3.C12H19ClN2O.2C2H6/c25-22-17-19(5-8-23(22)31-16-15-29-13-1-2-14-29)28-24(30)27-18-3-6-20(7-4-18)32-21-9-11-26-12-10-21;1-3-6-15(2)7-8-16-12-5-4-10(14)9-11(12)13;2*1-2/h3-12,17H,1-2,13-16H2,(H2,27,28,30);4-5,9H,3,6-8,14H2,1-2H3;2*1-2H3. The van der Waals surface area contributed by atoms with Crippen LogP contribution in [0.25, 0.3) is 0 Å². The number of hydrogen-bond acceptors (Lipinski definition) is 8. The van der Waals surface area contributed by atoms with Gasteiger partial charge >= 0.3 is 6.03 Å². The lowest BCUT2D eigenvalue weighted by Gasteiger charge is -2.16. The number of carbonyl (C=O) groups is 1. The second-order valence-electron chi connectivity index (χ2n) is 11.3. The summed E-state index contributed by atoms with van der Waals surface area (Å²) >= 11 is 12.3. The fourth-order valence-electron chi connectivity index (χ4n) is 4.87. The third kappa shape index (κ3) is 16.9. The van der Waals surface area contributed by atoms with E-state index < -0.39 is 0 Å². The Bertz CT molecular complexity index is 1560. The Morgan fingerprint density at radius 3 is 1.96 bits per heavy atom. The molecule has 0 bridgehead atoms. The van der Waals surface area contributed by atoms with Crippen LogP contribution in [0.2, 0.25) is 10.0 Å². The third-order valence-corrected chi connectivity index (χ3v) is 7.93. The quantitative estimate of drug-likeness (QED) is 0.109. The lowest BCUT2D eigenvalue weighted by molar-refractivity contribution is 0.238. The Hall–Kier alpha value is -4.22. The van der Waals surface area contributed by atoms with Crippen LogP contribution >= 0.6 is 23.2 Å². The minimum atomic E-state index is -0.369. The fraction of sp³-hybridized carbons (Fsp3) is 0.400. The van der Waals surface area contributed by atoms with Gasteiger partial charge in [-0.2, -0.15) is 0 Å². The maximum atomic E-state index is 12.3. The van der Waals surface area contributed by atoms with Gasteiger partial charge in [0.15, 0.2) is 0 Å². The van der Waals surface area contributed by atoms with Crippen LogP contribution in [-0.2, 0) is 0 Å². The van der Waals surface area contributed by atoms with Crippen molar-refractivity contribution in [2.45, 2.75) is 53.9 Å². The molecule has 5 rings (SSSR count). The van der Waals surface area contributed by atoms with E-state index in [9.17, 15) is 4.79 Å². The van der Waals surface area contributed by atoms with Crippen molar-refractivity contribution in [3.05, 3.63) is 95.2 Å². The average Bonchev–Trinajstić information content (AvgIpc) is 3.67. The van der Waals surface area contributed by atoms with Gasteiger partial charge in [-0.15, -0.1) is 0 Å². The van der Waals surface area contributed by atoms with Crippen LogP contribution in [0.4, 0.5) is 21.9 Å². The van der Waals surface area contributed by atoms with Gasteiger partial charge in [0.05, 0.1) is 10.0 Å². The molecule has 0 saturated carbocycles. The molecule has 12 heteroatoms. The topological polar surface area (TPSA) is 114 Å². The van der Waals surface area contributed by atoms with Gasteiger partial charge in [0.2, 0.25) is 0 Å². The monoisotopic (exact) mass is 754 g/mol. The molecular weight excluding hydrogens is 699 g/mol. The first-order valence-electron chi connectivity index (χ1n) is 18.1. The van der Waals surface area contributed by atoms with Crippen LogP contribution < -0.4 is 30.6 Å². The number of benzene rings is 3. The number of nitrogens with two attached hydrogens (primary N) is 1. The van der Waals surface area contributed by atoms with Gasteiger partial charge in [-0.1, -0.05) is 57.8 Å². The predicted octanol–water partition coefficient (Wildman–Crippen LogP) is 10.3. The number of anilines is 3.